The molecule has 6 heteroatoms. The second-order valence-electron chi connectivity index (χ2n) is 5.72. The van der Waals surface area contributed by atoms with Crippen molar-refractivity contribution in [1.82, 2.24) is 0 Å². The number of amidine groups is 1. The van der Waals surface area contributed by atoms with E-state index in [1.165, 1.54) is 30.0 Å². The zero-order valence-electron chi connectivity index (χ0n) is 10.1. The number of hydrogen-bond donors (Lipinski definition) is 2. The summed E-state index contributed by atoms with van der Waals surface area (Å²) in [5.74, 6) is -0.461. The molecule has 4 rings (SSSR count). The van der Waals surface area contributed by atoms with Gasteiger partial charge in [0.15, 0.2) is 5.17 Å². The van der Waals surface area contributed by atoms with Gasteiger partial charge in [0.2, 0.25) is 0 Å². The molecule has 0 unspecified atom stereocenters. The van der Waals surface area contributed by atoms with Crippen LogP contribution in [0.5, 0.6) is 0 Å². The van der Waals surface area contributed by atoms with E-state index in [1.807, 2.05) is 0 Å². The number of anilines is 1. The molecule has 0 aromatic heterocycles. The van der Waals surface area contributed by atoms with Crippen molar-refractivity contribution in [3.8, 4) is 0 Å². The lowest BCUT2D eigenvalue weighted by Crippen LogP contribution is -2.38. The van der Waals surface area contributed by atoms with E-state index in [0.717, 1.165) is 12.8 Å². The number of nitrogen functional groups attached to an aromatic ring is 1. The monoisotopic (exact) mass is 281 g/mol. The van der Waals surface area contributed by atoms with E-state index in [4.69, 9.17) is 11.5 Å². The summed E-state index contributed by atoms with van der Waals surface area (Å²) >= 11 is 1.51. The smallest absolute Gasteiger partial charge is 0.155 e. The number of hydrogen-bond acceptors (Lipinski definition) is 4. The first-order valence-corrected chi connectivity index (χ1v) is 6.96. The van der Waals surface area contributed by atoms with Gasteiger partial charge in [-0.05, 0) is 31.0 Å². The number of halogens is 2. The molecule has 1 aliphatic heterocycles. The number of alkyl halides is 1. The molecule has 4 N–H and O–H groups in total. The van der Waals surface area contributed by atoms with Crippen LogP contribution in [-0.2, 0) is 5.54 Å². The first-order chi connectivity index (χ1) is 8.99. The number of aliphatic imine (C=N–C) groups is 1. The Kier molecular flexibility index (Phi) is 1.85. The maximum absolute atomic E-state index is 14.2. The Labute approximate surface area is 113 Å². The Morgan fingerprint density at radius 1 is 1.32 bits per heavy atom. The van der Waals surface area contributed by atoms with Gasteiger partial charge in [0.1, 0.15) is 18.0 Å². The maximum atomic E-state index is 14.2. The molecule has 0 amide bonds. The Bertz CT molecular complexity index is 624. The predicted octanol–water partition coefficient (Wildman–Crippen LogP) is 2.17. The van der Waals surface area contributed by atoms with Gasteiger partial charge >= 0.3 is 0 Å². The molecule has 0 radical (unpaired) electrons. The summed E-state index contributed by atoms with van der Waals surface area (Å²) in [6.07, 6.45) is 1.71. The van der Waals surface area contributed by atoms with E-state index >= 15 is 0 Å². The minimum absolute atomic E-state index is 0.00195. The molecule has 1 atom stereocenters. The van der Waals surface area contributed by atoms with Crippen LogP contribution in [0.2, 0.25) is 0 Å². The molecule has 2 aliphatic carbocycles. The minimum atomic E-state index is -1.18. The van der Waals surface area contributed by atoms with Gasteiger partial charge in [0.25, 0.3) is 0 Å². The third-order valence-corrected chi connectivity index (χ3v) is 6.19. The molecule has 2 fully saturated rings. The summed E-state index contributed by atoms with van der Waals surface area (Å²) < 4.78 is 28.0. The third kappa shape index (κ3) is 1.12. The van der Waals surface area contributed by atoms with Crippen LogP contribution in [0.15, 0.2) is 23.2 Å². The molecular weight excluding hydrogens is 268 g/mol. The second-order valence-corrected chi connectivity index (χ2v) is 7.12. The molecule has 0 bridgehead atoms. The van der Waals surface area contributed by atoms with Crippen molar-refractivity contribution < 1.29 is 8.78 Å². The lowest BCUT2D eigenvalue weighted by Gasteiger charge is -2.32. The van der Waals surface area contributed by atoms with Gasteiger partial charge in [-0.3, -0.25) is 0 Å². The van der Waals surface area contributed by atoms with Crippen LogP contribution >= 0.6 is 11.8 Å². The van der Waals surface area contributed by atoms with Gasteiger partial charge in [0, 0.05) is 21.4 Å². The normalized spacial score (nSPS) is 42.1. The fourth-order valence-corrected chi connectivity index (χ4v) is 5.20. The summed E-state index contributed by atoms with van der Waals surface area (Å²) in [6, 6.07) is 4.25. The van der Waals surface area contributed by atoms with Crippen molar-refractivity contribution in [2.75, 3.05) is 12.4 Å². The molecule has 3 aliphatic rings. The van der Waals surface area contributed by atoms with Gasteiger partial charge < -0.3 is 11.5 Å². The van der Waals surface area contributed by atoms with Crippen LogP contribution < -0.4 is 11.5 Å². The topological polar surface area (TPSA) is 64.4 Å². The molecule has 1 aromatic carbocycles. The molecule has 1 heterocycles. The lowest BCUT2D eigenvalue weighted by molar-refractivity contribution is 0.231. The lowest BCUT2D eigenvalue weighted by atomic mass is 9.81. The largest absolute Gasteiger partial charge is 0.399 e. The predicted molar refractivity (Wildman–Crippen MR) is 72.1 cm³/mol. The molecule has 0 spiro atoms. The average Bonchev–Trinajstić information content (AvgIpc) is 3.17. The first kappa shape index (κ1) is 11.5. The fourth-order valence-electron chi connectivity index (χ4n) is 3.60. The van der Waals surface area contributed by atoms with Crippen LogP contribution in [0.25, 0.3) is 0 Å². The SMILES string of the molecule is NC1=N[C@](CF)(c2cc(N)ccc2F)C23CC2(C3)S1. The zero-order valence-corrected chi connectivity index (χ0v) is 10.9. The maximum Gasteiger partial charge on any atom is 0.155 e. The summed E-state index contributed by atoms with van der Waals surface area (Å²) in [4.78, 5) is 4.32. The Morgan fingerprint density at radius 3 is 2.74 bits per heavy atom. The standard InChI is InChI=1S/C13H13F2N3S/c14-6-13(8-3-7(16)1-2-9(8)15)11-4-12(11,5-11)19-10(17)18-13/h1-3H,4-6,16H2,(H2,17,18)/t11?,12?,13-/m1/s1. The third-order valence-electron chi connectivity index (χ3n) is 4.82. The van der Waals surface area contributed by atoms with Crippen molar-refractivity contribution in [3.05, 3.63) is 29.6 Å². The summed E-state index contributed by atoms with van der Waals surface area (Å²) in [7, 11) is 0. The Morgan fingerprint density at radius 2 is 2.05 bits per heavy atom. The van der Waals surface area contributed by atoms with Crippen LogP contribution in [-0.4, -0.2) is 16.6 Å². The van der Waals surface area contributed by atoms with Crippen molar-refractivity contribution in [1.29, 1.82) is 0 Å². The molecular formula is C13H13F2N3S. The molecule has 3 nitrogen and oxygen atoms in total. The molecule has 100 valence electrons. The Hall–Kier alpha value is -1.30. The van der Waals surface area contributed by atoms with Crippen LogP contribution in [0, 0.1) is 11.2 Å². The van der Waals surface area contributed by atoms with Gasteiger partial charge in [-0.25, -0.2) is 13.8 Å². The average molecular weight is 281 g/mol. The number of nitrogens with zero attached hydrogens (tertiary/aromatic N) is 1. The first-order valence-electron chi connectivity index (χ1n) is 6.14. The summed E-state index contributed by atoms with van der Waals surface area (Å²) in [5.41, 5.74) is 10.8. The molecule has 2 saturated carbocycles. The minimum Gasteiger partial charge on any atom is -0.399 e. The number of nitrogens with two attached hydrogens (primary N) is 2. The number of benzene rings is 1. The molecule has 0 saturated heterocycles. The van der Waals surface area contributed by atoms with Gasteiger partial charge in [-0.1, -0.05) is 11.8 Å². The Balaban J connectivity index is 1.95. The van der Waals surface area contributed by atoms with Crippen LogP contribution in [0.4, 0.5) is 14.5 Å². The highest BCUT2D eigenvalue weighted by Gasteiger charge is 2.92. The quantitative estimate of drug-likeness (QED) is 0.817. The second kappa shape index (κ2) is 3.06. The van der Waals surface area contributed by atoms with E-state index in [9.17, 15) is 8.78 Å². The summed E-state index contributed by atoms with van der Waals surface area (Å²) in [5, 5.41) is 0.352. The van der Waals surface area contributed by atoms with E-state index in [2.05, 4.69) is 4.99 Å². The van der Waals surface area contributed by atoms with Crippen LogP contribution in [0.1, 0.15) is 18.4 Å². The highest BCUT2D eigenvalue weighted by atomic mass is 32.2. The fraction of sp³-hybridized carbons (Fsp3) is 0.462. The van der Waals surface area contributed by atoms with Crippen molar-refractivity contribution >= 4 is 22.6 Å². The van der Waals surface area contributed by atoms with E-state index < -0.39 is 18.0 Å². The zero-order chi connectivity index (χ0) is 13.5. The van der Waals surface area contributed by atoms with E-state index in [0.29, 0.717) is 10.9 Å². The van der Waals surface area contributed by atoms with Gasteiger partial charge in [0.05, 0.1) is 0 Å². The highest BCUT2D eigenvalue weighted by Crippen LogP contribution is 2.92. The number of thioether (sulfide) groups is 1. The van der Waals surface area contributed by atoms with Crippen molar-refractivity contribution in [2.45, 2.75) is 23.1 Å². The van der Waals surface area contributed by atoms with E-state index in [-0.39, 0.29) is 15.7 Å². The van der Waals surface area contributed by atoms with Crippen molar-refractivity contribution in [3.63, 3.8) is 0 Å². The number of rotatable bonds is 2. The van der Waals surface area contributed by atoms with Crippen LogP contribution in [0.3, 0.4) is 0 Å². The van der Waals surface area contributed by atoms with Gasteiger partial charge in [-0.2, -0.15) is 0 Å². The molecule has 19 heavy (non-hydrogen) atoms. The summed E-state index contributed by atoms with van der Waals surface area (Å²) in [6.45, 7) is -0.740. The van der Waals surface area contributed by atoms with E-state index in [1.54, 1.807) is 0 Å². The van der Waals surface area contributed by atoms with Gasteiger partial charge in [-0.15, -0.1) is 0 Å². The van der Waals surface area contributed by atoms with Crippen molar-refractivity contribution in [2.24, 2.45) is 16.1 Å². The molecule has 1 aromatic rings. The highest BCUT2D eigenvalue weighted by molar-refractivity contribution is 8.15.